The Morgan fingerprint density at radius 2 is 1.70 bits per heavy atom. The maximum Gasteiger partial charge on any atom is 0.266 e. The van der Waals surface area contributed by atoms with Gasteiger partial charge in [0.1, 0.15) is 17.2 Å². The highest BCUT2D eigenvalue weighted by Gasteiger charge is 2.26. The molecule has 0 unspecified atom stereocenters. The summed E-state index contributed by atoms with van der Waals surface area (Å²) in [6, 6.07) is 6.85. The number of nitrogens with zero attached hydrogens (tertiary/aromatic N) is 3. The number of rotatable bonds is 8. The summed E-state index contributed by atoms with van der Waals surface area (Å²) in [7, 11) is 6.89. The number of thiazole rings is 1. The number of halogens is 2. The molecule has 0 aliphatic carbocycles. The first-order valence-corrected chi connectivity index (χ1v) is 10.1. The first kappa shape index (κ1) is 21.9. The molecule has 0 N–H and O–H groups in total. The largest absolute Gasteiger partial charge is 0.493 e. The molecule has 3 aromatic rings. The molecule has 9 heteroatoms. The summed E-state index contributed by atoms with van der Waals surface area (Å²) in [6.07, 6.45) is 0.609. The molecule has 2 aromatic carbocycles. The SMILES string of the molecule is COc1cc2nc(N(CCCN(C)C)C(=O)c3c(F)cccc3F)sc2cc1OC. The van der Waals surface area contributed by atoms with Crippen molar-refractivity contribution in [1.82, 2.24) is 9.88 Å². The zero-order chi connectivity index (χ0) is 21.8. The third-order valence-electron chi connectivity index (χ3n) is 4.52. The molecule has 1 amide bonds. The molecule has 0 aliphatic heterocycles. The van der Waals surface area contributed by atoms with Crippen LogP contribution in [0, 0.1) is 11.6 Å². The van der Waals surface area contributed by atoms with Crippen LogP contribution in [0.1, 0.15) is 16.8 Å². The number of hydrogen-bond donors (Lipinski definition) is 0. The average Bonchev–Trinajstić information content (AvgIpc) is 3.11. The number of anilines is 1. The van der Waals surface area contributed by atoms with Gasteiger partial charge in [0.15, 0.2) is 16.6 Å². The van der Waals surface area contributed by atoms with Crippen LogP contribution in [0.3, 0.4) is 0 Å². The van der Waals surface area contributed by atoms with Crippen molar-refractivity contribution in [2.75, 3.05) is 46.3 Å². The summed E-state index contributed by atoms with van der Waals surface area (Å²) in [6.45, 7) is 0.967. The Balaban J connectivity index is 2.04. The van der Waals surface area contributed by atoms with E-state index in [1.165, 1.54) is 36.5 Å². The van der Waals surface area contributed by atoms with Gasteiger partial charge >= 0.3 is 0 Å². The summed E-state index contributed by atoms with van der Waals surface area (Å²) >= 11 is 1.25. The number of ether oxygens (including phenoxy) is 2. The number of methoxy groups -OCH3 is 2. The van der Waals surface area contributed by atoms with Gasteiger partial charge in [-0.3, -0.25) is 9.69 Å². The molecule has 1 aromatic heterocycles. The van der Waals surface area contributed by atoms with Crippen molar-refractivity contribution < 1.29 is 23.0 Å². The topological polar surface area (TPSA) is 54.9 Å². The molecular formula is C21H23F2N3O3S. The molecule has 0 radical (unpaired) electrons. The van der Waals surface area contributed by atoms with Crippen LogP contribution in [0.5, 0.6) is 11.5 Å². The Bertz CT molecular complexity index is 994. The Kier molecular flexibility index (Phi) is 6.84. The highest BCUT2D eigenvalue weighted by molar-refractivity contribution is 7.22. The summed E-state index contributed by atoms with van der Waals surface area (Å²) < 4.78 is 40.0. The van der Waals surface area contributed by atoms with Gasteiger partial charge in [0.05, 0.1) is 24.4 Å². The quantitative estimate of drug-likeness (QED) is 0.531. The first-order chi connectivity index (χ1) is 14.3. The number of carbonyl (C=O) groups is 1. The first-order valence-electron chi connectivity index (χ1n) is 9.29. The fourth-order valence-corrected chi connectivity index (χ4v) is 4.02. The molecule has 0 spiro atoms. The van der Waals surface area contributed by atoms with E-state index in [9.17, 15) is 13.6 Å². The second kappa shape index (κ2) is 9.36. The summed E-state index contributed by atoms with van der Waals surface area (Å²) in [5.41, 5.74) is 0.0174. The monoisotopic (exact) mass is 435 g/mol. The Labute approximate surface area is 177 Å². The van der Waals surface area contributed by atoms with Gasteiger partial charge < -0.3 is 14.4 Å². The molecule has 30 heavy (non-hydrogen) atoms. The number of benzene rings is 2. The van der Waals surface area contributed by atoms with E-state index in [-0.39, 0.29) is 6.54 Å². The number of amides is 1. The Hall–Kier alpha value is -2.78. The van der Waals surface area contributed by atoms with Crippen LogP contribution >= 0.6 is 11.3 Å². The molecule has 0 bridgehead atoms. The van der Waals surface area contributed by atoms with Crippen molar-refractivity contribution in [2.24, 2.45) is 0 Å². The van der Waals surface area contributed by atoms with Gasteiger partial charge in [0.2, 0.25) is 0 Å². The normalized spacial score (nSPS) is 11.2. The van der Waals surface area contributed by atoms with E-state index in [0.717, 1.165) is 16.8 Å². The minimum Gasteiger partial charge on any atom is -0.493 e. The lowest BCUT2D eigenvalue weighted by molar-refractivity contribution is 0.0978. The third kappa shape index (κ3) is 4.52. The van der Waals surface area contributed by atoms with Crippen molar-refractivity contribution in [3.8, 4) is 11.5 Å². The van der Waals surface area contributed by atoms with Crippen LogP contribution in [0.15, 0.2) is 30.3 Å². The third-order valence-corrected chi connectivity index (χ3v) is 5.56. The van der Waals surface area contributed by atoms with E-state index in [1.807, 2.05) is 19.0 Å². The fraction of sp³-hybridized carbons (Fsp3) is 0.333. The molecule has 160 valence electrons. The summed E-state index contributed by atoms with van der Waals surface area (Å²) in [5, 5.41) is 0.353. The molecular weight excluding hydrogens is 412 g/mol. The highest BCUT2D eigenvalue weighted by Crippen LogP contribution is 2.37. The van der Waals surface area contributed by atoms with Crippen molar-refractivity contribution >= 4 is 32.6 Å². The minimum atomic E-state index is -0.901. The van der Waals surface area contributed by atoms with E-state index in [4.69, 9.17) is 9.47 Å². The zero-order valence-corrected chi connectivity index (χ0v) is 18.1. The summed E-state index contributed by atoms with van der Waals surface area (Å²) in [4.78, 5) is 21.0. The van der Waals surface area contributed by atoms with Crippen LogP contribution in [0.25, 0.3) is 10.2 Å². The fourth-order valence-electron chi connectivity index (χ4n) is 3.02. The van der Waals surface area contributed by atoms with E-state index in [2.05, 4.69) is 4.98 Å². The molecule has 0 saturated heterocycles. The smallest absolute Gasteiger partial charge is 0.266 e. The average molecular weight is 435 g/mol. The van der Waals surface area contributed by atoms with E-state index in [1.54, 1.807) is 12.1 Å². The van der Waals surface area contributed by atoms with Crippen molar-refractivity contribution in [2.45, 2.75) is 6.42 Å². The Morgan fingerprint density at radius 3 is 2.30 bits per heavy atom. The number of hydrogen-bond acceptors (Lipinski definition) is 6. The lowest BCUT2D eigenvalue weighted by Crippen LogP contribution is -2.34. The van der Waals surface area contributed by atoms with Gasteiger partial charge in [-0.25, -0.2) is 13.8 Å². The van der Waals surface area contributed by atoms with Crippen molar-refractivity contribution in [3.63, 3.8) is 0 Å². The lowest BCUT2D eigenvalue weighted by Gasteiger charge is -2.21. The number of carbonyl (C=O) groups excluding carboxylic acids is 1. The van der Waals surface area contributed by atoms with Gasteiger partial charge in [-0.2, -0.15) is 0 Å². The molecule has 0 aliphatic rings. The number of fused-ring (bicyclic) bond motifs is 1. The predicted molar refractivity (Wildman–Crippen MR) is 114 cm³/mol. The van der Waals surface area contributed by atoms with Gasteiger partial charge in [-0.15, -0.1) is 0 Å². The molecule has 6 nitrogen and oxygen atoms in total. The second-order valence-electron chi connectivity index (χ2n) is 6.88. The van der Waals surface area contributed by atoms with Gasteiger partial charge in [-0.05, 0) is 39.2 Å². The maximum absolute atomic E-state index is 14.3. The van der Waals surface area contributed by atoms with E-state index >= 15 is 0 Å². The van der Waals surface area contributed by atoms with Gasteiger partial charge in [-0.1, -0.05) is 17.4 Å². The zero-order valence-electron chi connectivity index (χ0n) is 17.2. The number of aromatic nitrogens is 1. The minimum absolute atomic E-state index is 0.263. The predicted octanol–water partition coefficient (Wildman–Crippen LogP) is 4.19. The van der Waals surface area contributed by atoms with Crippen LogP contribution < -0.4 is 14.4 Å². The molecule has 0 fully saturated rings. The van der Waals surface area contributed by atoms with Crippen molar-refractivity contribution in [3.05, 3.63) is 47.5 Å². The van der Waals surface area contributed by atoms with Gasteiger partial charge in [0.25, 0.3) is 5.91 Å². The second-order valence-corrected chi connectivity index (χ2v) is 7.89. The van der Waals surface area contributed by atoms with E-state index in [0.29, 0.717) is 35.1 Å². The highest BCUT2D eigenvalue weighted by atomic mass is 32.1. The van der Waals surface area contributed by atoms with Crippen LogP contribution in [0.4, 0.5) is 13.9 Å². The van der Waals surface area contributed by atoms with Crippen LogP contribution in [-0.4, -0.2) is 57.2 Å². The van der Waals surface area contributed by atoms with Gasteiger partial charge in [0, 0.05) is 18.7 Å². The molecule has 3 rings (SSSR count). The Morgan fingerprint density at radius 1 is 1.07 bits per heavy atom. The standard InChI is InChI=1S/C21H23F2N3O3S/c1-25(2)9-6-10-26(20(27)19-13(22)7-5-8-14(19)23)21-24-15-11-16(28-3)17(29-4)12-18(15)30-21/h5,7-8,11-12H,6,9-10H2,1-4H3. The maximum atomic E-state index is 14.3. The van der Waals surface area contributed by atoms with E-state index < -0.39 is 23.1 Å². The lowest BCUT2D eigenvalue weighted by atomic mass is 10.1. The summed E-state index contributed by atoms with van der Waals surface area (Å²) in [5.74, 6) is -1.52. The molecule has 1 heterocycles. The van der Waals surface area contributed by atoms with Crippen LogP contribution in [-0.2, 0) is 0 Å². The van der Waals surface area contributed by atoms with Crippen molar-refractivity contribution in [1.29, 1.82) is 0 Å². The molecule has 0 atom stereocenters. The van der Waals surface area contributed by atoms with Crippen LogP contribution in [0.2, 0.25) is 0 Å². The molecule has 0 saturated carbocycles.